The quantitative estimate of drug-likeness (QED) is 0.832. The number of piperidine rings is 2. The van der Waals surface area contributed by atoms with Crippen LogP contribution < -0.4 is 0 Å². The lowest BCUT2D eigenvalue weighted by molar-refractivity contribution is -0.140. The van der Waals surface area contributed by atoms with E-state index in [0.717, 1.165) is 64.0 Å². The number of hydrogen-bond donors (Lipinski definition) is 0. The molecule has 4 heterocycles. The SMILES string of the molecule is CCCN1C(=O)CC[C@H]2CN(C(=O)c3nnc4n3CCCC4)CC[C@H]21. The second-order valence-corrected chi connectivity index (χ2v) is 7.54. The third kappa shape index (κ3) is 2.93. The number of likely N-dealkylation sites (tertiary alicyclic amines) is 2. The third-order valence-corrected chi connectivity index (χ3v) is 5.95. The van der Waals surface area contributed by atoms with Crippen molar-refractivity contribution in [3.8, 4) is 0 Å². The van der Waals surface area contributed by atoms with Crippen LogP contribution in [0.15, 0.2) is 0 Å². The molecular weight excluding hydrogens is 318 g/mol. The molecule has 0 saturated carbocycles. The molecule has 136 valence electrons. The number of nitrogens with zero attached hydrogens (tertiary/aromatic N) is 5. The molecule has 2 amide bonds. The van der Waals surface area contributed by atoms with E-state index < -0.39 is 0 Å². The zero-order valence-electron chi connectivity index (χ0n) is 15.0. The van der Waals surface area contributed by atoms with E-state index in [1.165, 1.54) is 0 Å². The van der Waals surface area contributed by atoms with E-state index >= 15 is 0 Å². The molecule has 0 bridgehead atoms. The summed E-state index contributed by atoms with van der Waals surface area (Å²) in [5, 5.41) is 8.40. The van der Waals surface area contributed by atoms with Crippen molar-refractivity contribution in [2.24, 2.45) is 5.92 Å². The monoisotopic (exact) mass is 345 g/mol. The Kier molecular flexibility index (Phi) is 4.48. The summed E-state index contributed by atoms with van der Waals surface area (Å²) in [5.74, 6) is 2.14. The molecule has 7 nitrogen and oxygen atoms in total. The highest BCUT2D eigenvalue weighted by molar-refractivity contribution is 5.91. The summed E-state index contributed by atoms with van der Waals surface area (Å²) < 4.78 is 2.01. The predicted octanol–water partition coefficient (Wildman–Crippen LogP) is 1.48. The van der Waals surface area contributed by atoms with Gasteiger partial charge >= 0.3 is 0 Å². The van der Waals surface area contributed by atoms with Gasteiger partial charge in [-0.3, -0.25) is 9.59 Å². The van der Waals surface area contributed by atoms with Crippen LogP contribution in [0.1, 0.15) is 61.9 Å². The van der Waals surface area contributed by atoms with Crippen molar-refractivity contribution < 1.29 is 9.59 Å². The molecule has 4 rings (SSSR count). The van der Waals surface area contributed by atoms with Gasteiger partial charge < -0.3 is 14.4 Å². The van der Waals surface area contributed by atoms with Crippen LogP contribution in [-0.2, 0) is 17.8 Å². The average molecular weight is 345 g/mol. The Hall–Kier alpha value is -1.92. The number of hydrogen-bond acceptors (Lipinski definition) is 4. The Morgan fingerprint density at radius 3 is 2.88 bits per heavy atom. The maximum atomic E-state index is 13.0. The van der Waals surface area contributed by atoms with Gasteiger partial charge in [-0.25, -0.2) is 0 Å². The molecule has 2 fully saturated rings. The zero-order chi connectivity index (χ0) is 17.4. The van der Waals surface area contributed by atoms with Crippen molar-refractivity contribution in [3.05, 3.63) is 11.6 Å². The highest BCUT2D eigenvalue weighted by Gasteiger charge is 2.40. The van der Waals surface area contributed by atoms with Gasteiger partial charge in [0.1, 0.15) is 5.82 Å². The molecule has 1 aromatic rings. The van der Waals surface area contributed by atoms with Crippen LogP contribution in [0, 0.1) is 5.92 Å². The molecule has 0 aromatic carbocycles. The molecule has 1 aromatic heterocycles. The van der Waals surface area contributed by atoms with Gasteiger partial charge in [0.2, 0.25) is 11.7 Å². The van der Waals surface area contributed by atoms with Crippen molar-refractivity contribution in [2.45, 2.75) is 64.5 Å². The molecule has 0 N–H and O–H groups in total. The van der Waals surface area contributed by atoms with Crippen molar-refractivity contribution in [3.63, 3.8) is 0 Å². The first-order valence-electron chi connectivity index (χ1n) is 9.70. The molecule has 2 atom stereocenters. The molecule has 0 radical (unpaired) electrons. The fourth-order valence-corrected chi connectivity index (χ4v) is 4.68. The Balaban J connectivity index is 1.48. The van der Waals surface area contributed by atoms with Crippen LogP contribution in [0.25, 0.3) is 0 Å². The lowest BCUT2D eigenvalue weighted by atomic mass is 9.83. The van der Waals surface area contributed by atoms with E-state index in [1.807, 2.05) is 9.47 Å². The van der Waals surface area contributed by atoms with Gasteiger partial charge in [-0.15, -0.1) is 10.2 Å². The minimum atomic E-state index is 0.0121. The summed E-state index contributed by atoms with van der Waals surface area (Å²) in [5.41, 5.74) is 0. The molecule has 3 aliphatic rings. The Bertz CT molecular complexity index is 670. The van der Waals surface area contributed by atoms with Gasteiger partial charge in [-0.05, 0) is 38.0 Å². The molecule has 2 saturated heterocycles. The van der Waals surface area contributed by atoms with E-state index in [-0.39, 0.29) is 11.8 Å². The highest BCUT2D eigenvalue weighted by Crippen LogP contribution is 2.32. The number of carbonyl (C=O) groups is 2. The second-order valence-electron chi connectivity index (χ2n) is 7.54. The van der Waals surface area contributed by atoms with Crippen molar-refractivity contribution in [1.82, 2.24) is 24.6 Å². The summed E-state index contributed by atoms with van der Waals surface area (Å²) in [6, 6.07) is 0.303. The van der Waals surface area contributed by atoms with Crippen LogP contribution in [0.4, 0.5) is 0 Å². The first-order valence-corrected chi connectivity index (χ1v) is 9.70. The summed E-state index contributed by atoms with van der Waals surface area (Å²) in [4.78, 5) is 29.2. The summed E-state index contributed by atoms with van der Waals surface area (Å²) in [6.07, 6.45) is 6.51. The molecule has 7 heteroatoms. The van der Waals surface area contributed by atoms with E-state index in [0.29, 0.717) is 30.7 Å². The van der Waals surface area contributed by atoms with E-state index in [9.17, 15) is 9.59 Å². The molecule has 3 aliphatic heterocycles. The van der Waals surface area contributed by atoms with Crippen LogP contribution in [0.3, 0.4) is 0 Å². The normalized spacial score (nSPS) is 26.4. The number of carbonyl (C=O) groups excluding carboxylic acids is 2. The first kappa shape index (κ1) is 16.5. The lowest BCUT2D eigenvalue weighted by Crippen LogP contribution is -2.57. The number of aromatic nitrogens is 3. The topological polar surface area (TPSA) is 71.3 Å². The van der Waals surface area contributed by atoms with Crippen molar-refractivity contribution in [1.29, 1.82) is 0 Å². The van der Waals surface area contributed by atoms with Crippen molar-refractivity contribution >= 4 is 11.8 Å². The van der Waals surface area contributed by atoms with Gasteiger partial charge in [0.15, 0.2) is 0 Å². The largest absolute Gasteiger partial charge is 0.339 e. The van der Waals surface area contributed by atoms with Gasteiger partial charge in [0.05, 0.1) is 0 Å². The van der Waals surface area contributed by atoms with Crippen molar-refractivity contribution in [2.75, 3.05) is 19.6 Å². The van der Waals surface area contributed by atoms with E-state index in [4.69, 9.17) is 0 Å². The average Bonchev–Trinajstić information content (AvgIpc) is 3.07. The third-order valence-electron chi connectivity index (χ3n) is 5.95. The summed E-state index contributed by atoms with van der Waals surface area (Å²) in [6.45, 7) is 5.24. The van der Waals surface area contributed by atoms with Gasteiger partial charge in [0.25, 0.3) is 5.91 Å². The van der Waals surface area contributed by atoms with E-state index in [1.54, 1.807) is 0 Å². The Morgan fingerprint density at radius 1 is 1.16 bits per heavy atom. The maximum absolute atomic E-state index is 13.0. The van der Waals surface area contributed by atoms with Gasteiger partial charge in [-0.1, -0.05) is 6.92 Å². The lowest BCUT2D eigenvalue weighted by Gasteiger charge is -2.47. The maximum Gasteiger partial charge on any atom is 0.291 e. The standard InChI is InChI=1S/C18H27N5O2/c1-2-9-22-14-8-11-21(12-13(14)6-7-16(22)24)18(25)17-20-19-15-5-3-4-10-23(15)17/h13-14H,2-12H2,1H3/t13-,14+/m0/s1. The molecular formula is C18H27N5O2. The summed E-state index contributed by atoms with van der Waals surface area (Å²) in [7, 11) is 0. The smallest absolute Gasteiger partial charge is 0.291 e. The van der Waals surface area contributed by atoms with Crippen LogP contribution in [0.5, 0.6) is 0 Å². The number of rotatable bonds is 3. The Morgan fingerprint density at radius 2 is 2.04 bits per heavy atom. The number of fused-ring (bicyclic) bond motifs is 2. The summed E-state index contributed by atoms with van der Waals surface area (Å²) >= 11 is 0. The van der Waals surface area contributed by atoms with Crippen LogP contribution in [0.2, 0.25) is 0 Å². The second kappa shape index (κ2) is 6.77. The minimum Gasteiger partial charge on any atom is -0.339 e. The molecule has 0 unspecified atom stereocenters. The van der Waals surface area contributed by atoms with Crippen LogP contribution in [-0.4, -0.2) is 62.1 Å². The Labute approximate surface area is 148 Å². The van der Waals surface area contributed by atoms with Crippen LogP contribution >= 0.6 is 0 Å². The fraction of sp³-hybridized carbons (Fsp3) is 0.778. The number of amides is 2. The highest BCUT2D eigenvalue weighted by atomic mass is 16.2. The first-order chi connectivity index (χ1) is 12.2. The number of aryl methyl sites for hydroxylation is 1. The van der Waals surface area contributed by atoms with Gasteiger partial charge in [-0.2, -0.15) is 0 Å². The fourth-order valence-electron chi connectivity index (χ4n) is 4.68. The predicted molar refractivity (Wildman–Crippen MR) is 92.0 cm³/mol. The molecule has 0 spiro atoms. The minimum absolute atomic E-state index is 0.0121. The molecule has 25 heavy (non-hydrogen) atoms. The van der Waals surface area contributed by atoms with E-state index in [2.05, 4.69) is 22.0 Å². The van der Waals surface area contributed by atoms with Gasteiger partial charge in [0, 0.05) is 45.1 Å². The molecule has 0 aliphatic carbocycles. The zero-order valence-corrected chi connectivity index (χ0v) is 15.0.